The number of halogens is 1. The van der Waals surface area contributed by atoms with E-state index < -0.39 is 48.2 Å². The Morgan fingerprint density at radius 2 is 1.97 bits per heavy atom. The molecule has 1 aromatic heterocycles. The number of rotatable bonds is 4. The fraction of sp³-hybridized carbons (Fsp3) is 0.280. The zero-order chi connectivity index (χ0) is 24.1. The maximum absolute atomic E-state index is 14.3. The number of fused-ring (bicyclic) bond motifs is 1. The lowest BCUT2D eigenvalue weighted by molar-refractivity contribution is -0.156. The Labute approximate surface area is 179 Å². The first-order valence-electron chi connectivity index (χ1n) is 12.0. The van der Waals surface area contributed by atoms with Gasteiger partial charge < -0.3 is 9.84 Å². The number of hydrogen-bond donors (Lipinski definition) is 1. The summed E-state index contributed by atoms with van der Waals surface area (Å²) >= 11 is 0. The fourth-order valence-corrected chi connectivity index (χ4v) is 3.90. The minimum atomic E-state index is -1.19. The summed E-state index contributed by atoms with van der Waals surface area (Å²) in [5, 5.41) is 10.6. The van der Waals surface area contributed by atoms with Gasteiger partial charge in [-0.15, -0.1) is 0 Å². The second kappa shape index (κ2) is 7.65. The van der Waals surface area contributed by atoms with Crippen molar-refractivity contribution >= 4 is 22.9 Å². The molecule has 1 N–H and O–H groups in total. The number of aliphatic hydroxyl groups is 1. The van der Waals surface area contributed by atoms with Crippen molar-refractivity contribution in [1.29, 1.82) is 0 Å². The molecule has 5 heteroatoms. The minimum Gasteiger partial charge on any atom is -0.458 e. The molecule has 2 heterocycles. The molecule has 2 aromatic carbocycles. The van der Waals surface area contributed by atoms with Gasteiger partial charge in [0.1, 0.15) is 11.9 Å². The molecule has 2 fully saturated rings. The molecule has 0 radical (unpaired) electrons. The highest BCUT2D eigenvalue weighted by Gasteiger charge is 2.30. The van der Waals surface area contributed by atoms with Gasteiger partial charge in [0.05, 0.1) is 29.2 Å². The number of hydrogen-bond acceptors (Lipinski definition) is 4. The molecule has 5 rings (SSSR count). The molecule has 0 spiro atoms. The smallest absolute Gasteiger partial charge is 0.309 e. The Balaban J connectivity index is 1.79. The van der Waals surface area contributed by atoms with E-state index in [2.05, 4.69) is 0 Å². The largest absolute Gasteiger partial charge is 0.458 e. The van der Waals surface area contributed by atoms with Gasteiger partial charge in [0.25, 0.3) is 0 Å². The molecule has 0 unspecified atom stereocenters. The Morgan fingerprint density at radius 3 is 2.70 bits per heavy atom. The van der Waals surface area contributed by atoms with E-state index in [0.717, 1.165) is 18.5 Å². The molecule has 0 amide bonds. The number of nitrogens with zero attached hydrogens (tertiary/aromatic N) is 1. The summed E-state index contributed by atoms with van der Waals surface area (Å²) in [5.74, 6) is -1.53. The van der Waals surface area contributed by atoms with Crippen molar-refractivity contribution in [2.24, 2.45) is 0 Å². The summed E-state index contributed by atoms with van der Waals surface area (Å²) in [7, 11) is 0. The van der Waals surface area contributed by atoms with Crippen LogP contribution in [-0.2, 0) is 9.53 Å². The number of carbonyl (C=O) groups excluding carboxylic acids is 1. The maximum Gasteiger partial charge on any atom is 0.309 e. The van der Waals surface area contributed by atoms with E-state index in [1.165, 1.54) is 0 Å². The Kier molecular flexibility index (Phi) is 3.79. The van der Waals surface area contributed by atoms with Crippen LogP contribution >= 0.6 is 0 Å². The third-order valence-electron chi connectivity index (χ3n) is 5.44. The highest BCUT2D eigenvalue weighted by molar-refractivity contribution is 5.99. The van der Waals surface area contributed by atoms with Crippen LogP contribution in [-0.4, -0.2) is 28.3 Å². The highest BCUT2D eigenvalue weighted by Crippen LogP contribution is 2.45. The van der Waals surface area contributed by atoms with Gasteiger partial charge in [-0.3, -0.25) is 9.78 Å². The van der Waals surface area contributed by atoms with Crippen LogP contribution in [0.3, 0.4) is 0 Å². The SMILES string of the molecule is [2H]c1c([2H])c(-c2c(/C=C/[C@@H]3C[C@@H](O)CC(=O)O3)c(C3CC3)nc3ccccc23)c([2H])c([2H])c1F. The number of carbonyl (C=O) groups is 1. The van der Waals surface area contributed by atoms with Crippen LogP contribution in [0.5, 0.6) is 0 Å². The molecule has 1 saturated heterocycles. The van der Waals surface area contributed by atoms with Crippen LogP contribution in [0.15, 0.2) is 54.5 Å². The number of esters is 1. The van der Waals surface area contributed by atoms with Crippen molar-refractivity contribution in [3.63, 3.8) is 0 Å². The van der Waals surface area contributed by atoms with Gasteiger partial charge in [0.15, 0.2) is 0 Å². The molecule has 1 saturated carbocycles. The first-order valence-corrected chi connectivity index (χ1v) is 10.0. The predicted octanol–water partition coefficient (Wildman–Crippen LogP) is 5.00. The summed E-state index contributed by atoms with van der Waals surface area (Å²) in [6.07, 6.45) is 3.94. The third-order valence-corrected chi connectivity index (χ3v) is 5.44. The second-order valence-corrected chi connectivity index (χ2v) is 7.75. The summed E-state index contributed by atoms with van der Waals surface area (Å²) in [6, 6.07) is 4.82. The highest BCUT2D eigenvalue weighted by atomic mass is 19.1. The van der Waals surface area contributed by atoms with Crippen LogP contribution in [0, 0.1) is 5.82 Å². The maximum atomic E-state index is 14.3. The molecule has 2 atom stereocenters. The van der Waals surface area contributed by atoms with E-state index in [-0.39, 0.29) is 24.3 Å². The normalized spacial score (nSPS) is 23.7. The number of aromatic nitrogens is 1. The van der Waals surface area contributed by atoms with Crippen molar-refractivity contribution in [3.05, 3.63) is 71.6 Å². The van der Waals surface area contributed by atoms with Crippen LogP contribution in [0.4, 0.5) is 4.39 Å². The Hall–Kier alpha value is -3.05. The van der Waals surface area contributed by atoms with Crippen LogP contribution in [0.2, 0.25) is 0 Å². The first kappa shape index (κ1) is 14.9. The number of ether oxygens (including phenoxy) is 1. The van der Waals surface area contributed by atoms with E-state index in [9.17, 15) is 14.3 Å². The molecule has 1 aliphatic heterocycles. The van der Waals surface area contributed by atoms with Gasteiger partial charge in [-0.1, -0.05) is 36.4 Å². The van der Waals surface area contributed by atoms with E-state index in [4.69, 9.17) is 15.2 Å². The molecular formula is C25H22FNO3. The number of cyclic esters (lactones) is 1. The Bertz CT molecular complexity index is 1330. The van der Waals surface area contributed by atoms with E-state index in [0.29, 0.717) is 22.0 Å². The molecule has 30 heavy (non-hydrogen) atoms. The lowest BCUT2D eigenvalue weighted by Crippen LogP contribution is -2.31. The van der Waals surface area contributed by atoms with E-state index >= 15 is 0 Å². The number of para-hydroxylation sites is 1. The van der Waals surface area contributed by atoms with Crippen LogP contribution in [0.25, 0.3) is 28.1 Å². The fourth-order valence-electron chi connectivity index (χ4n) is 3.90. The third kappa shape index (κ3) is 3.73. The molecule has 3 aromatic rings. The van der Waals surface area contributed by atoms with Gasteiger partial charge >= 0.3 is 5.97 Å². The van der Waals surface area contributed by atoms with Gasteiger partial charge in [-0.2, -0.15) is 0 Å². The predicted molar refractivity (Wildman–Crippen MR) is 113 cm³/mol. The average Bonchev–Trinajstić information content (AvgIpc) is 3.65. The van der Waals surface area contributed by atoms with Crippen molar-refractivity contribution in [1.82, 2.24) is 4.98 Å². The number of benzene rings is 2. The standard InChI is InChI=1S/C25H22FNO3/c26-17-9-7-15(8-10-17)24-20-3-1-2-4-22(20)27-25(16-5-6-16)21(24)12-11-19-13-18(28)14-23(29)30-19/h1-4,7-12,16,18-19,28H,5-6,13-14H2/b12-11+/t18-,19-/m1/s1/i7D,8D,9D,10D. The summed E-state index contributed by atoms with van der Waals surface area (Å²) in [6.45, 7) is 0. The molecular weight excluding hydrogens is 381 g/mol. The van der Waals surface area contributed by atoms with Crippen molar-refractivity contribution < 1.29 is 24.5 Å². The van der Waals surface area contributed by atoms with Crippen LogP contribution < -0.4 is 0 Å². The average molecular weight is 407 g/mol. The summed E-state index contributed by atoms with van der Waals surface area (Å²) < 4.78 is 52.7. The van der Waals surface area contributed by atoms with Crippen molar-refractivity contribution in [3.8, 4) is 11.1 Å². The van der Waals surface area contributed by atoms with Crippen molar-refractivity contribution in [2.75, 3.05) is 0 Å². The minimum absolute atomic E-state index is 0.00257. The quantitative estimate of drug-likeness (QED) is 0.619. The van der Waals surface area contributed by atoms with E-state index in [1.54, 1.807) is 24.3 Å². The molecule has 152 valence electrons. The van der Waals surface area contributed by atoms with Gasteiger partial charge in [0, 0.05) is 28.9 Å². The molecule has 0 bridgehead atoms. The van der Waals surface area contributed by atoms with Crippen LogP contribution in [0.1, 0.15) is 48.3 Å². The number of aliphatic hydroxyl groups excluding tert-OH is 1. The van der Waals surface area contributed by atoms with E-state index in [1.807, 2.05) is 12.1 Å². The van der Waals surface area contributed by atoms with Gasteiger partial charge in [0.2, 0.25) is 0 Å². The summed E-state index contributed by atoms with van der Waals surface area (Å²) in [5.41, 5.74) is 2.40. The zero-order valence-corrected chi connectivity index (χ0v) is 16.1. The number of pyridine rings is 1. The lowest BCUT2D eigenvalue weighted by Gasteiger charge is -2.23. The molecule has 1 aliphatic carbocycles. The monoisotopic (exact) mass is 407 g/mol. The molecule has 2 aliphatic rings. The van der Waals surface area contributed by atoms with Crippen molar-refractivity contribution in [2.45, 2.75) is 43.8 Å². The zero-order valence-electron chi connectivity index (χ0n) is 20.1. The van der Waals surface area contributed by atoms with Gasteiger partial charge in [-0.25, -0.2) is 4.39 Å². The lowest BCUT2D eigenvalue weighted by atomic mass is 9.92. The molecule has 4 nitrogen and oxygen atoms in total. The topological polar surface area (TPSA) is 59.4 Å². The Morgan fingerprint density at radius 1 is 1.20 bits per heavy atom. The summed E-state index contributed by atoms with van der Waals surface area (Å²) in [4.78, 5) is 16.6. The van der Waals surface area contributed by atoms with Gasteiger partial charge in [-0.05, 0) is 42.6 Å². The second-order valence-electron chi connectivity index (χ2n) is 7.75. The first-order chi connectivity index (χ1) is 16.3.